The molecule has 2 unspecified atom stereocenters. The van der Waals surface area contributed by atoms with E-state index in [2.05, 4.69) is 18.9 Å². The summed E-state index contributed by atoms with van der Waals surface area (Å²) in [6, 6.07) is 0.794. The molecule has 72 valence electrons. The van der Waals surface area contributed by atoms with E-state index in [0.29, 0.717) is 0 Å². The third kappa shape index (κ3) is 2.46. The van der Waals surface area contributed by atoms with Crippen LogP contribution in [0.25, 0.3) is 0 Å². The highest BCUT2D eigenvalue weighted by Crippen LogP contribution is 2.26. The third-order valence-corrected chi connectivity index (χ3v) is 3.11. The Morgan fingerprint density at radius 2 is 2.00 bits per heavy atom. The van der Waals surface area contributed by atoms with Gasteiger partial charge < -0.3 is 10.6 Å². The summed E-state index contributed by atoms with van der Waals surface area (Å²) in [5.74, 6) is 0.871. The Morgan fingerprint density at radius 3 is 2.58 bits per heavy atom. The molecule has 2 heteroatoms. The summed E-state index contributed by atoms with van der Waals surface area (Å²) in [6.07, 6.45) is 5.61. The van der Waals surface area contributed by atoms with Crippen LogP contribution in [0.15, 0.2) is 0 Å². The van der Waals surface area contributed by atoms with Gasteiger partial charge in [0.1, 0.15) is 0 Å². The monoisotopic (exact) mass is 170 g/mol. The van der Waals surface area contributed by atoms with Gasteiger partial charge in [-0.15, -0.1) is 0 Å². The first-order chi connectivity index (χ1) is 5.75. The van der Waals surface area contributed by atoms with Crippen molar-refractivity contribution in [3.05, 3.63) is 0 Å². The summed E-state index contributed by atoms with van der Waals surface area (Å²) in [7, 11) is 2.21. The standard InChI is InChI=1S/C10H22N2/c1-9-5-3-4-6-10(9)12(2)8-7-11/h9-10H,3-8,11H2,1-2H3. The molecule has 12 heavy (non-hydrogen) atoms. The Kier molecular flexibility index (Phi) is 4.02. The number of nitrogens with two attached hydrogens (primary N) is 1. The van der Waals surface area contributed by atoms with Crippen molar-refractivity contribution >= 4 is 0 Å². The van der Waals surface area contributed by atoms with Gasteiger partial charge in [0, 0.05) is 19.1 Å². The van der Waals surface area contributed by atoms with Gasteiger partial charge in [0.15, 0.2) is 0 Å². The molecule has 0 aromatic rings. The van der Waals surface area contributed by atoms with Gasteiger partial charge in [0.25, 0.3) is 0 Å². The molecule has 0 spiro atoms. The largest absolute Gasteiger partial charge is 0.329 e. The zero-order chi connectivity index (χ0) is 8.97. The highest BCUT2D eigenvalue weighted by Gasteiger charge is 2.23. The SMILES string of the molecule is CC1CCCCC1N(C)CCN. The Labute approximate surface area is 76.1 Å². The van der Waals surface area contributed by atoms with Gasteiger partial charge in [-0.05, 0) is 25.8 Å². The molecular formula is C10H22N2. The first kappa shape index (κ1) is 10.0. The summed E-state index contributed by atoms with van der Waals surface area (Å²) in [6.45, 7) is 4.21. The average molecular weight is 170 g/mol. The molecule has 1 fully saturated rings. The lowest BCUT2D eigenvalue weighted by molar-refractivity contribution is 0.143. The van der Waals surface area contributed by atoms with Crippen LogP contribution in [-0.2, 0) is 0 Å². The van der Waals surface area contributed by atoms with E-state index < -0.39 is 0 Å². The van der Waals surface area contributed by atoms with Crippen LogP contribution in [0.4, 0.5) is 0 Å². The van der Waals surface area contributed by atoms with E-state index in [1.54, 1.807) is 0 Å². The molecule has 0 heterocycles. The van der Waals surface area contributed by atoms with E-state index in [-0.39, 0.29) is 0 Å². The van der Waals surface area contributed by atoms with Crippen LogP contribution in [0.2, 0.25) is 0 Å². The van der Waals surface area contributed by atoms with Gasteiger partial charge in [-0.3, -0.25) is 0 Å². The van der Waals surface area contributed by atoms with Crippen molar-refractivity contribution < 1.29 is 0 Å². The highest BCUT2D eigenvalue weighted by atomic mass is 15.1. The highest BCUT2D eigenvalue weighted by molar-refractivity contribution is 4.79. The second kappa shape index (κ2) is 4.83. The van der Waals surface area contributed by atoms with E-state index in [1.165, 1.54) is 25.7 Å². The molecule has 0 aromatic heterocycles. The Morgan fingerprint density at radius 1 is 1.33 bits per heavy atom. The zero-order valence-corrected chi connectivity index (χ0v) is 8.42. The van der Waals surface area contributed by atoms with Crippen LogP contribution in [-0.4, -0.2) is 31.1 Å². The van der Waals surface area contributed by atoms with Crippen molar-refractivity contribution in [1.82, 2.24) is 4.90 Å². The number of rotatable bonds is 3. The minimum Gasteiger partial charge on any atom is -0.329 e. The molecule has 1 rings (SSSR count). The lowest BCUT2D eigenvalue weighted by Crippen LogP contribution is -2.41. The van der Waals surface area contributed by atoms with Gasteiger partial charge in [-0.25, -0.2) is 0 Å². The molecule has 2 N–H and O–H groups in total. The fourth-order valence-electron chi connectivity index (χ4n) is 2.32. The second-order valence-corrected chi connectivity index (χ2v) is 4.10. The number of hydrogen-bond acceptors (Lipinski definition) is 2. The minimum absolute atomic E-state index is 0.791. The fraction of sp³-hybridized carbons (Fsp3) is 1.00. The Hall–Kier alpha value is -0.0800. The normalized spacial score (nSPS) is 31.0. The molecular weight excluding hydrogens is 148 g/mol. The smallest absolute Gasteiger partial charge is 0.0118 e. The van der Waals surface area contributed by atoms with Gasteiger partial charge in [0.05, 0.1) is 0 Å². The van der Waals surface area contributed by atoms with Crippen LogP contribution in [0.1, 0.15) is 32.6 Å². The predicted octanol–water partition coefficient (Wildman–Crippen LogP) is 1.46. The van der Waals surface area contributed by atoms with Crippen LogP contribution in [0.3, 0.4) is 0 Å². The van der Waals surface area contributed by atoms with Gasteiger partial charge in [-0.1, -0.05) is 19.8 Å². The Bertz CT molecular complexity index is 125. The molecule has 0 amide bonds. The summed E-state index contributed by atoms with van der Waals surface area (Å²) in [5.41, 5.74) is 5.54. The van der Waals surface area contributed by atoms with E-state index >= 15 is 0 Å². The first-order valence-corrected chi connectivity index (χ1v) is 5.16. The maximum absolute atomic E-state index is 5.54. The zero-order valence-electron chi connectivity index (χ0n) is 8.42. The molecule has 0 bridgehead atoms. The van der Waals surface area contributed by atoms with Gasteiger partial charge in [-0.2, -0.15) is 0 Å². The van der Waals surface area contributed by atoms with E-state index in [0.717, 1.165) is 25.0 Å². The molecule has 0 saturated heterocycles. The lowest BCUT2D eigenvalue weighted by Gasteiger charge is -2.36. The average Bonchev–Trinajstić information content (AvgIpc) is 2.05. The van der Waals surface area contributed by atoms with Crippen molar-refractivity contribution in [3.63, 3.8) is 0 Å². The number of nitrogens with zero attached hydrogens (tertiary/aromatic N) is 1. The fourth-order valence-corrected chi connectivity index (χ4v) is 2.32. The quantitative estimate of drug-likeness (QED) is 0.694. The summed E-state index contributed by atoms with van der Waals surface area (Å²) >= 11 is 0. The second-order valence-electron chi connectivity index (χ2n) is 4.10. The first-order valence-electron chi connectivity index (χ1n) is 5.16. The molecule has 2 atom stereocenters. The van der Waals surface area contributed by atoms with Crippen molar-refractivity contribution in [2.24, 2.45) is 11.7 Å². The summed E-state index contributed by atoms with van der Waals surface area (Å²) in [4.78, 5) is 2.43. The van der Waals surface area contributed by atoms with Crippen LogP contribution in [0, 0.1) is 5.92 Å². The van der Waals surface area contributed by atoms with Gasteiger partial charge in [0.2, 0.25) is 0 Å². The van der Waals surface area contributed by atoms with Crippen molar-refractivity contribution in [3.8, 4) is 0 Å². The topological polar surface area (TPSA) is 29.3 Å². The molecule has 1 aliphatic rings. The van der Waals surface area contributed by atoms with E-state index in [1.807, 2.05) is 0 Å². The van der Waals surface area contributed by atoms with Crippen molar-refractivity contribution in [2.75, 3.05) is 20.1 Å². The molecule has 2 nitrogen and oxygen atoms in total. The van der Waals surface area contributed by atoms with E-state index in [9.17, 15) is 0 Å². The molecule has 0 aromatic carbocycles. The summed E-state index contributed by atoms with van der Waals surface area (Å²) in [5, 5.41) is 0. The molecule has 0 aliphatic heterocycles. The summed E-state index contributed by atoms with van der Waals surface area (Å²) < 4.78 is 0. The predicted molar refractivity (Wildman–Crippen MR) is 53.1 cm³/mol. The lowest BCUT2D eigenvalue weighted by atomic mass is 9.85. The molecule has 1 saturated carbocycles. The van der Waals surface area contributed by atoms with Crippen LogP contribution < -0.4 is 5.73 Å². The van der Waals surface area contributed by atoms with Gasteiger partial charge >= 0.3 is 0 Å². The van der Waals surface area contributed by atoms with Crippen LogP contribution in [0.5, 0.6) is 0 Å². The maximum atomic E-state index is 5.54. The number of likely N-dealkylation sites (N-methyl/N-ethyl adjacent to an activating group) is 1. The van der Waals surface area contributed by atoms with Crippen molar-refractivity contribution in [1.29, 1.82) is 0 Å². The maximum Gasteiger partial charge on any atom is 0.0118 e. The number of hydrogen-bond donors (Lipinski definition) is 1. The Balaban J connectivity index is 2.36. The third-order valence-electron chi connectivity index (χ3n) is 3.11. The van der Waals surface area contributed by atoms with Crippen molar-refractivity contribution in [2.45, 2.75) is 38.6 Å². The molecule has 1 aliphatic carbocycles. The minimum atomic E-state index is 0.791. The molecule has 0 radical (unpaired) electrons. The van der Waals surface area contributed by atoms with E-state index in [4.69, 9.17) is 5.73 Å². The van der Waals surface area contributed by atoms with Crippen LogP contribution >= 0.6 is 0 Å².